The molecule has 0 saturated carbocycles. The first-order valence-corrected chi connectivity index (χ1v) is 23.0. The normalized spacial score (nSPS) is 24.1. The van der Waals surface area contributed by atoms with Gasteiger partial charge in [-0.05, 0) is 84.6 Å². The number of halogens is 8. The Morgan fingerprint density at radius 1 is 1.00 bits per heavy atom. The van der Waals surface area contributed by atoms with Gasteiger partial charge in [0.05, 0.1) is 39.9 Å². The number of rotatable bonds is 18. The van der Waals surface area contributed by atoms with Crippen LogP contribution in [0.2, 0.25) is 0 Å². The summed E-state index contributed by atoms with van der Waals surface area (Å²) in [6.45, 7) is 8.86. The van der Waals surface area contributed by atoms with E-state index in [0.717, 1.165) is 0 Å². The number of hydrogen-bond donors (Lipinski definition) is 0. The van der Waals surface area contributed by atoms with Crippen molar-refractivity contribution in [2.24, 2.45) is 16.2 Å². The summed E-state index contributed by atoms with van der Waals surface area (Å²) in [5, 5.41) is -4.67. The van der Waals surface area contributed by atoms with Crippen molar-refractivity contribution in [2.45, 2.75) is 129 Å². The van der Waals surface area contributed by atoms with E-state index in [1.807, 2.05) is 6.92 Å². The van der Waals surface area contributed by atoms with Crippen LogP contribution in [0.25, 0.3) is 0 Å². The predicted octanol–water partition coefficient (Wildman–Crippen LogP) is 9.91. The first-order valence-electron chi connectivity index (χ1n) is 15.8. The molecule has 0 aromatic carbocycles. The third-order valence-electron chi connectivity index (χ3n) is 8.70. The lowest BCUT2D eigenvalue weighted by Crippen LogP contribution is -2.42. The maximum atomic E-state index is 13.3. The fraction of sp³-hybridized carbons (Fsp3) is 0.800. The molecule has 1 aliphatic rings. The Morgan fingerprint density at radius 3 is 2.12 bits per heavy atom. The van der Waals surface area contributed by atoms with Crippen LogP contribution in [-0.4, -0.2) is 96.0 Å². The highest BCUT2D eigenvalue weighted by Gasteiger charge is 2.43. The Bertz CT molecular complexity index is 1480. The number of fused-ring (bicyclic) bond motifs is 1. The molecule has 0 fully saturated rings. The molecule has 0 spiro atoms. The molecule has 19 heteroatoms. The van der Waals surface area contributed by atoms with E-state index in [0.29, 0.717) is 24.2 Å². The molecule has 0 saturated heterocycles. The van der Waals surface area contributed by atoms with Crippen LogP contribution >= 0.6 is 104 Å². The highest BCUT2D eigenvalue weighted by atomic mass is 35.5. The first-order chi connectivity index (χ1) is 22.6. The van der Waals surface area contributed by atoms with Crippen molar-refractivity contribution >= 4 is 136 Å². The molecular weight excluding hydrogens is 864 g/mol. The minimum Gasteiger partial charge on any atom is -0.453 e. The molecule has 284 valence electrons. The van der Waals surface area contributed by atoms with Gasteiger partial charge in [0.25, 0.3) is 10.0 Å². The summed E-state index contributed by atoms with van der Waals surface area (Å²) in [6, 6.07) is 0.603. The molecule has 0 radical (unpaired) electrons. The lowest BCUT2D eigenvalue weighted by molar-refractivity contribution is 0.104. The zero-order valence-electron chi connectivity index (χ0n) is 27.9. The molecule has 12 atom stereocenters. The van der Waals surface area contributed by atoms with E-state index >= 15 is 0 Å². The van der Waals surface area contributed by atoms with Gasteiger partial charge in [0.15, 0.2) is 9.84 Å². The number of sulfonamides is 1. The molecule has 8 nitrogen and oxygen atoms in total. The lowest BCUT2D eigenvalue weighted by Gasteiger charge is -2.38. The van der Waals surface area contributed by atoms with Crippen LogP contribution in [0.5, 0.6) is 0 Å². The van der Waals surface area contributed by atoms with Crippen LogP contribution < -0.4 is 0 Å². The van der Waals surface area contributed by atoms with Crippen LogP contribution in [0.15, 0.2) is 18.9 Å². The summed E-state index contributed by atoms with van der Waals surface area (Å²) in [6.07, 6.45) is 1.78. The van der Waals surface area contributed by atoms with E-state index in [-0.39, 0.29) is 57.0 Å². The maximum Gasteiger partial charge on any atom is 0.409 e. The summed E-state index contributed by atoms with van der Waals surface area (Å²) in [7, 11) is -6.87. The lowest BCUT2D eigenvalue weighted by atomic mass is 9.78. The number of carbonyl (C=O) groups is 1. The van der Waals surface area contributed by atoms with E-state index in [2.05, 4.69) is 4.40 Å². The Kier molecular flexibility index (Phi) is 18.8. The van der Waals surface area contributed by atoms with Gasteiger partial charge in [-0.3, -0.25) is 0 Å². The second-order valence-corrected chi connectivity index (χ2v) is 22.5. The minimum atomic E-state index is -4.28. The SMILES string of the molecule is CCN(C(=O)OC)[C@H]1C[C@H](C)S(=O)(=O)c2sc(S(=O)(=O)N=CCCC(Cl)C(Cl)CC(C(Cl)CC(Cl)C(C)Cl)C(C(C)Cl)C(Cl)C(C)Cl)cc21. The monoisotopic (exact) mass is 904 g/mol. The zero-order chi connectivity index (χ0) is 37.6. The molecule has 1 aliphatic heterocycles. The number of sulfone groups is 1. The Hall–Kier alpha value is 0.860. The van der Waals surface area contributed by atoms with Gasteiger partial charge in [0.1, 0.15) is 8.42 Å². The van der Waals surface area contributed by atoms with Crippen molar-refractivity contribution in [2.75, 3.05) is 13.7 Å². The molecule has 2 heterocycles. The number of amides is 1. The number of thiophene rings is 1. The van der Waals surface area contributed by atoms with Gasteiger partial charge in [-0.25, -0.2) is 13.2 Å². The van der Waals surface area contributed by atoms with Crippen LogP contribution in [0.3, 0.4) is 0 Å². The average Bonchev–Trinajstić information content (AvgIpc) is 3.49. The van der Waals surface area contributed by atoms with Crippen LogP contribution in [0.4, 0.5) is 4.79 Å². The second kappa shape index (κ2) is 20.0. The van der Waals surface area contributed by atoms with Gasteiger partial charge >= 0.3 is 6.09 Å². The highest BCUT2D eigenvalue weighted by Crippen LogP contribution is 2.46. The molecular formula is C30H44Cl8N2O6S3. The van der Waals surface area contributed by atoms with Gasteiger partial charge < -0.3 is 9.64 Å². The van der Waals surface area contributed by atoms with Crippen LogP contribution in [-0.2, 0) is 24.6 Å². The number of methoxy groups -OCH3 is 1. The molecule has 1 amide bonds. The summed E-state index contributed by atoms with van der Waals surface area (Å²) in [5.74, 6) is -0.674. The molecule has 10 unspecified atom stereocenters. The maximum absolute atomic E-state index is 13.3. The highest BCUT2D eigenvalue weighted by molar-refractivity contribution is 7.96. The van der Waals surface area contributed by atoms with Gasteiger partial charge in [-0.15, -0.1) is 104 Å². The van der Waals surface area contributed by atoms with Gasteiger partial charge in [0.2, 0.25) is 0 Å². The Labute approximate surface area is 335 Å². The molecule has 0 bridgehead atoms. The summed E-state index contributed by atoms with van der Waals surface area (Å²) in [5.41, 5.74) is 0.232. The quantitative estimate of drug-likeness (QED) is 0.107. The van der Waals surface area contributed by atoms with E-state index in [4.69, 9.17) is 97.5 Å². The topological polar surface area (TPSA) is 110 Å². The summed E-state index contributed by atoms with van der Waals surface area (Å²) in [4.78, 5) is 13.8. The summed E-state index contributed by atoms with van der Waals surface area (Å²) < 4.78 is 61.2. The van der Waals surface area contributed by atoms with E-state index in [1.165, 1.54) is 31.2 Å². The van der Waals surface area contributed by atoms with Crippen LogP contribution in [0, 0.1) is 11.8 Å². The zero-order valence-corrected chi connectivity index (χ0v) is 36.4. The van der Waals surface area contributed by atoms with Gasteiger partial charge in [0, 0.05) is 39.8 Å². The first kappa shape index (κ1) is 46.0. The standard InChI is InChI=1S/C30H44Cl8N2O6S3/c1-7-40(30(41)46-6)25-11-15(2)48(42,43)29-20(25)13-26(47-29)49(44,45)39-10-8-9-21(34)24(37)12-19(23(36)14-22(35)16(3)31)27(17(4)32)28(38)18(5)33/h10,13,15-19,21-25,27-28H,7-9,11-12,14H2,1-6H3/t15-,16?,17?,18?,19?,21?,22?,23?,24?,25-,27?,28?/m0/s1. The van der Waals surface area contributed by atoms with E-state index < -0.39 is 74.9 Å². The van der Waals surface area contributed by atoms with Crippen molar-refractivity contribution in [3.63, 3.8) is 0 Å². The number of alkyl halides is 8. The number of nitrogens with zero attached hydrogens (tertiary/aromatic N) is 2. The van der Waals surface area contributed by atoms with Gasteiger partial charge in [-0.1, -0.05) is 0 Å². The Balaban J connectivity index is 2.24. The number of ether oxygens (including phenoxy) is 1. The van der Waals surface area contributed by atoms with Crippen molar-refractivity contribution < 1.29 is 26.4 Å². The fourth-order valence-corrected chi connectivity index (χ4v) is 13.1. The average molecular weight is 909 g/mol. The smallest absolute Gasteiger partial charge is 0.409 e. The predicted molar refractivity (Wildman–Crippen MR) is 208 cm³/mol. The third-order valence-corrected chi connectivity index (χ3v) is 18.3. The minimum absolute atomic E-state index is 0.0963. The van der Waals surface area contributed by atoms with Gasteiger partial charge in [-0.2, -0.15) is 12.8 Å². The molecule has 49 heavy (non-hydrogen) atoms. The number of hydrogen-bond acceptors (Lipinski definition) is 7. The largest absolute Gasteiger partial charge is 0.453 e. The van der Waals surface area contributed by atoms with E-state index in [1.54, 1.807) is 20.8 Å². The summed E-state index contributed by atoms with van der Waals surface area (Å²) >= 11 is 53.5. The molecule has 1 aromatic heterocycles. The van der Waals surface area contributed by atoms with Crippen molar-refractivity contribution in [1.82, 2.24) is 4.90 Å². The van der Waals surface area contributed by atoms with Crippen molar-refractivity contribution in [1.29, 1.82) is 0 Å². The molecule has 1 aromatic rings. The fourth-order valence-electron chi connectivity index (χ4n) is 5.87. The van der Waals surface area contributed by atoms with Crippen molar-refractivity contribution in [3.8, 4) is 0 Å². The molecule has 0 N–H and O–H groups in total. The van der Waals surface area contributed by atoms with Crippen LogP contribution in [0.1, 0.15) is 78.3 Å². The van der Waals surface area contributed by atoms with E-state index in [9.17, 15) is 21.6 Å². The molecule has 0 aliphatic carbocycles. The third kappa shape index (κ3) is 11.9. The number of carbonyl (C=O) groups excluding carboxylic acids is 1. The molecule has 2 rings (SSSR count). The Morgan fingerprint density at radius 2 is 1.61 bits per heavy atom. The van der Waals surface area contributed by atoms with Crippen molar-refractivity contribution in [3.05, 3.63) is 11.6 Å². The second-order valence-electron chi connectivity index (χ2n) is 12.3.